The second kappa shape index (κ2) is 9.92. The second-order valence-electron chi connectivity index (χ2n) is 9.12. The average Bonchev–Trinajstić information content (AvgIpc) is 3.23. The van der Waals surface area contributed by atoms with E-state index in [0.717, 1.165) is 34.8 Å². The number of carbonyl (C=O) groups excluding carboxylic acids is 2. The smallest absolute Gasteiger partial charge is 0.273 e. The molecule has 0 saturated carbocycles. The van der Waals surface area contributed by atoms with Crippen molar-refractivity contribution in [2.75, 3.05) is 23.3 Å². The van der Waals surface area contributed by atoms with Gasteiger partial charge in [0.15, 0.2) is 10.8 Å². The van der Waals surface area contributed by atoms with Gasteiger partial charge in [-0.2, -0.15) is 4.98 Å². The fraction of sp³-hybridized carbons (Fsp3) is 0.458. The molecular weight excluding hydrogens is 452 g/mol. The predicted octanol–water partition coefficient (Wildman–Crippen LogP) is 2.85. The van der Waals surface area contributed by atoms with Crippen molar-refractivity contribution in [2.24, 2.45) is 5.92 Å². The molecule has 4 rings (SSSR count). The summed E-state index contributed by atoms with van der Waals surface area (Å²) >= 11 is 1.29. The number of hydrogen-bond donors (Lipinski definition) is 2. The molecule has 1 aliphatic heterocycles. The standard InChI is InChI=1S/C24H30N6O3S/c1-14(2)26-22(32)17-7-9-29(10-8-17)24-28-21-20(34-24)23(33)30(13-25-21)12-19(31)27-18-11-15(3)5-6-16(18)4/h5-6,11,13-14,17H,7-10,12H2,1-4H3,(H,26,32)(H,27,31). The first-order valence-corrected chi connectivity index (χ1v) is 12.3. The van der Waals surface area contributed by atoms with Gasteiger partial charge in [0.1, 0.15) is 17.6 Å². The van der Waals surface area contributed by atoms with Gasteiger partial charge in [-0.3, -0.25) is 19.0 Å². The zero-order chi connectivity index (χ0) is 24.4. The monoisotopic (exact) mass is 482 g/mol. The molecule has 0 spiro atoms. The molecule has 34 heavy (non-hydrogen) atoms. The van der Waals surface area contributed by atoms with E-state index in [0.29, 0.717) is 23.4 Å². The van der Waals surface area contributed by atoms with Crippen LogP contribution >= 0.6 is 11.3 Å². The van der Waals surface area contributed by atoms with E-state index in [9.17, 15) is 14.4 Å². The molecule has 1 fully saturated rings. The SMILES string of the molecule is Cc1ccc(C)c(NC(=O)Cn2cnc3nc(N4CCC(C(=O)NC(C)C)CC4)sc3c2=O)c1. The number of nitrogens with one attached hydrogen (secondary N) is 2. The Morgan fingerprint density at radius 2 is 1.94 bits per heavy atom. The van der Waals surface area contributed by atoms with Crippen molar-refractivity contribution in [3.05, 3.63) is 46.0 Å². The largest absolute Gasteiger partial charge is 0.354 e. The lowest BCUT2D eigenvalue weighted by Crippen LogP contribution is -2.42. The van der Waals surface area contributed by atoms with E-state index in [1.54, 1.807) is 0 Å². The maximum absolute atomic E-state index is 13.0. The van der Waals surface area contributed by atoms with E-state index >= 15 is 0 Å². The summed E-state index contributed by atoms with van der Waals surface area (Å²) in [7, 11) is 0. The van der Waals surface area contributed by atoms with Crippen molar-refractivity contribution < 1.29 is 9.59 Å². The molecular formula is C24H30N6O3S. The first-order valence-electron chi connectivity index (χ1n) is 11.5. The lowest BCUT2D eigenvalue weighted by molar-refractivity contribution is -0.126. The average molecular weight is 483 g/mol. The molecule has 9 nitrogen and oxygen atoms in total. The van der Waals surface area contributed by atoms with Crippen LogP contribution in [-0.2, 0) is 16.1 Å². The van der Waals surface area contributed by atoms with E-state index in [1.807, 2.05) is 45.9 Å². The fourth-order valence-corrected chi connectivity index (χ4v) is 5.05. The van der Waals surface area contributed by atoms with Crippen LogP contribution < -0.4 is 21.1 Å². The number of aryl methyl sites for hydroxylation is 2. The van der Waals surface area contributed by atoms with E-state index < -0.39 is 0 Å². The molecule has 1 aromatic carbocycles. The highest BCUT2D eigenvalue weighted by atomic mass is 32.1. The van der Waals surface area contributed by atoms with Crippen molar-refractivity contribution in [2.45, 2.75) is 53.1 Å². The van der Waals surface area contributed by atoms with Crippen molar-refractivity contribution in [3.63, 3.8) is 0 Å². The topological polar surface area (TPSA) is 109 Å². The van der Waals surface area contributed by atoms with Crippen LogP contribution in [0.5, 0.6) is 0 Å². The van der Waals surface area contributed by atoms with Gasteiger partial charge in [-0.1, -0.05) is 23.5 Å². The number of nitrogens with zero attached hydrogens (tertiary/aromatic N) is 4. The van der Waals surface area contributed by atoms with Crippen LogP contribution in [0.1, 0.15) is 37.8 Å². The van der Waals surface area contributed by atoms with Crippen LogP contribution in [0.2, 0.25) is 0 Å². The third-order valence-electron chi connectivity index (χ3n) is 5.92. The Morgan fingerprint density at radius 1 is 1.21 bits per heavy atom. The summed E-state index contributed by atoms with van der Waals surface area (Å²) in [6.07, 6.45) is 2.86. The molecule has 10 heteroatoms. The molecule has 0 aliphatic carbocycles. The first-order chi connectivity index (χ1) is 16.2. The van der Waals surface area contributed by atoms with Crippen molar-refractivity contribution in [3.8, 4) is 0 Å². The van der Waals surface area contributed by atoms with Crippen LogP contribution in [0.4, 0.5) is 10.8 Å². The molecule has 2 N–H and O–H groups in total. The highest BCUT2D eigenvalue weighted by Crippen LogP contribution is 2.29. The van der Waals surface area contributed by atoms with E-state index in [2.05, 4.69) is 25.5 Å². The molecule has 0 unspecified atom stereocenters. The Balaban J connectivity index is 1.45. The lowest BCUT2D eigenvalue weighted by Gasteiger charge is -2.31. The maximum Gasteiger partial charge on any atom is 0.273 e. The zero-order valence-corrected chi connectivity index (χ0v) is 20.7. The summed E-state index contributed by atoms with van der Waals surface area (Å²) in [6, 6.07) is 5.97. The van der Waals surface area contributed by atoms with Crippen molar-refractivity contribution in [1.29, 1.82) is 0 Å². The summed E-state index contributed by atoms with van der Waals surface area (Å²) in [5.41, 5.74) is 2.84. The minimum Gasteiger partial charge on any atom is -0.354 e. The molecule has 0 radical (unpaired) electrons. The van der Waals surface area contributed by atoms with Gasteiger partial charge in [-0.05, 0) is 57.7 Å². The van der Waals surface area contributed by atoms with E-state index in [1.165, 1.54) is 22.2 Å². The number of piperidine rings is 1. The number of thiazole rings is 1. The van der Waals surface area contributed by atoms with Gasteiger partial charge in [0.2, 0.25) is 11.8 Å². The van der Waals surface area contributed by atoms with Gasteiger partial charge in [-0.15, -0.1) is 0 Å². The Morgan fingerprint density at radius 3 is 2.65 bits per heavy atom. The number of carbonyl (C=O) groups is 2. The number of amides is 2. The van der Waals surface area contributed by atoms with Crippen LogP contribution in [0.25, 0.3) is 10.3 Å². The number of fused-ring (bicyclic) bond motifs is 1. The van der Waals surface area contributed by atoms with Gasteiger partial charge in [0.05, 0.1) is 0 Å². The zero-order valence-electron chi connectivity index (χ0n) is 19.9. The van der Waals surface area contributed by atoms with Crippen LogP contribution in [0, 0.1) is 19.8 Å². The molecule has 3 aromatic rings. The van der Waals surface area contributed by atoms with Gasteiger partial charge >= 0.3 is 0 Å². The Hall–Kier alpha value is -3.27. The summed E-state index contributed by atoms with van der Waals surface area (Å²) in [5.74, 6) is -0.190. The van der Waals surface area contributed by atoms with E-state index in [-0.39, 0.29) is 35.9 Å². The number of aromatic nitrogens is 3. The maximum atomic E-state index is 13.0. The third kappa shape index (κ3) is 5.27. The van der Waals surface area contributed by atoms with Gasteiger partial charge in [0, 0.05) is 30.7 Å². The number of anilines is 2. The summed E-state index contributed by atoms with van der Waals surface area (Å²) < 4.78 is 1.74. The molecule has 2 amide bonds. The fourth-order valence-electron chi connectivity index (χ4n) is 4.03. The molecule has 2 aromatic heterocycles. The third-order valence-corrected chi connectivity index (χ3v) is 7.01. The van der Waals surface area contributed by atoms with E-state index in [4.69, 9.17) is 0 Å². The molecule has 1 saturated heterocycles. The predicted molar refractivity (Wildman–Crippen MR) is 134 cm³/mol. The van der Waals surface area contributed by atoms with Crippen molar-refractivity contribution in [1.82, 2.24) is 19.9 Å². The molecule has 0 bridgehead atoms. The van der Waals surface area contributed by atoms with Gasteiger partial charge in [0.25, 0.3) is 5.56 Å². The minimum atomic E-state index is -0.288. The molecule has 1 aliphatic rings. The highest BCUT2D eigenvalue weighted by molar-refractivity contribution is 7.22. The molecule has 0 atom stereocenters. The quantitative estimate of drug-likeness (QED) is 0.559. The summed E-state index contributed by atoms with van der Waals surface area (Å²) in [4.78, 5) is 48.9. The van der Waals surface area contributed by atoms with Gasteiger partial charge < -0.3 is 15.5 Å². The lowest BCUT2D eigenvalue weighted by atomic mass is 9.96. The number of benzene rings is 1. The first kappa shape index (κ1) is 23.9. The Kier molecular flexibility index (Phi) is 6.97. The Bertz CT molecular complexity index is 1270. The summed E-state index contributed by atoms with van der Waals surface area (Å²) in [6.45, 7) is 9.07. The number of rotatable bonds is 6. The normalized spacial score (nSPS) is 14.6. The molecule has 180 valence electrons. The van der Waals surface area contributed by atoms with Crippen LogP contribution in [0.3, 0.4) is 0 Å². The summed E-state index contributed by atoms with van der Waals surface area (Å²) in [5, 5.41) is 6.58. The van der Waals surface area contributed by atoms with Crippen LogP contribution in [-0.4, -0.2) is 45.5 Å². The second-order valence-corrected chi connectivity index (χ2v) is 10.1. The molecule has 3 heterocycles. The van der Waals surface area contributed by atoms with Crippen molar-refractivity contribution >= 4 is 44.3 Å². The highest BCUT2D eigenvalue weighted by Gasteiger charge is 2.27. The van der Waals surface area contributed by atoms with Gasteiger partial charge in [-0.25, -0.2) is 4.98 Å². The Labute approximate surface area is 202 Å². The minimum absolute atomic E-state index is 0.000989. The number of hydrogen-bond acceptors (Lipinski definition) is 7. The van der Waals surface area contributed by atoms with Crippen LogP contribution in [0.15, 0.2) is 29.3 Å².